The lowest BCUT2D eigenvalue weighted by Crippen LogP contribution is -2.70. The average Bonchev–Trinajstić information content (AvgIpc) is 0.818. The first-order valence-electron chi connectivity index (χ1n) is 34.1. The van der Waals surface area contributed by atoms with E-state index in [4.69, 9.17) is 28.4 Å². The Bertz CT molecular complexity index is 1840. The van der Waals surface area contributed by atoms with E-state index in [2.05, 4.69) is 24.5 Å². The highest BCUT2D eigenvalue weighted by molar-refractivity contribution is 5.77. The highest BCUT2D eigenvalue weighted by atomic mass is 16.8. The molecule has 3 saturated heterocycles. The summed E-state index contributed by atoms with van der Waals surface area (Å²) in [6, 6.07) is -2.61. The van der Waals surface area contributed by atoms with Crippen molar-refractivity contribution in [1.82, 2.24) is 10.6 Å². The molecule has 0 aromatic carbocycles. The normalized spacial score (nSPS) is 29.0. The minimum Gasteiger partial charge on any atom is -0.477 e. The fourth-order valence-corrected chi connectivity index (χ4v) is 12.0. The first kappa shape index (κ1) is 79.7. The highest BCUT2D eigenvalue weighted by Gasteiger charge is 2.60. The van der Waals surface area contributed by atoms with Crippen LogP contribution in [0.3, 0.4) is 0 Å². The van der Waals surface area contributed by atoms with Crippen LogP contribution in [0.4, 0.5) is 0 Å². The van der Waals surface area contributed by atoms with Gasteiger partial charge in [-0.2, -0.15) is 0 Å². The molecule has 3 heterocycles. The number of ether oxygens (including phenoxy) is 6. The first-order valence-corrected chi connectivity index (χ1v) is 34.1. The maximum atomic E-state index is 13.4. The molecule has 0 aromatic heterocycles. The summed E-state index contributed by atoms with van der Waals surface area (Å²) in [7, 11) is 0. The monoisotopic (exact) mass is 1260 g/mol. The number of aliphatic carboxylic acids is 1. The van der Waals surface area contributed by atoms with E-state index < -0.39 is 155 Å². The third-order valence-corrected chi connectivity index (χ3v) is 17.5. The predicted octanol–water partition coefficient (Wildman–Crippen LogP) is 5.51. The molecule has 2 amide bonds. The molecule has 3 aliphatic heterocycles. The number of allylic oxidation sites excluding steroid dienone is 1. The van der Waals surface area contributed by atoms with Crippen LogP contribution < -0.4 is 10.6 Å². The summed E-state index contributed by atoms with van der Waals surface area (Å²) in [6.07, 6.45) is 14.1. The van der Waals surface area contributed by atoms with E-state index in [9.17, 15) is 75.7 Å². The van der Waals surface area contributed by atoms with Gasteiger partial charge < -0.3 is 100 Å². The minimum atomic E-state index is -3.08. The van der Waals surface area contributed by atoms with E-state index >= 15 is 0 Å². The molecule has 0 aromatic rings. The lowest BCUT2D eigenvalue weighted by Gasteiger charge is -2.50. The number of hydrogen-bond donors (Lipinski definition) is 14. The van der Waals surface area contributed by atoms with Crippen molar-refractivity contribution in [2.24, 2.45) is 0 Å². The van der Waals surface area contributed by atoms with E-state index in [1.54, 1.807) is 6.08 Å². The average molecular weight is 1270 g/mol. The Labute approximate surface area is 524 Å². The van der Waals surface area contributed by atoms with Gasteiger partial charge in [-0.25, -0.2) is 4.79 Å². The maximum Gasteiger partial charge on any atom is 0.364 e. The van der Waals surface area contributed by atoms with Crippen LogP contribution in [-0.4, -0.2) is 215 Å². The van der Waals surface area contributed by atoms with Gasteiger partial charge in [0.1, 0.15) is 67.1 Å². The van der Waals surface area contributed by atoms with Crippen LogP contribution >= 0.6 is 0 Å². The number of rotatable bonds is 51. The first-order chi connectivity index (χ1) is 42.4. The molecule has 18 atom stereocenters. The molecular weight excluding hydrogens is 1140 g/mol. The Morgan fingerprint density at radius 3 is 1.51 bits per heavy atom. The summed E-state index contributed by atoms with van der Waals surface area (Å²) in [5.41, 5.74) is 0. The van der Waals surface area contributed by atoms with Crippen molar-refractivity contribution in [2.75, 3.05) is 26.4 Å². The molecule has 0 bridgehead atoms. The van der Waals surface area contributed by atoms with E-state index in [0.717, 1.165) is 51.9 Å². The van der Waals surface area contributed by atoms with Crippen LogP contribution in [0.25, 0.3) is 0 Å². The second-order valence-electron chi connectivity index (χ2n) is 25.0. The zero-order valence-corrected chi connectivity index (χ0v) is 53.6. The van der Waals surface area contributed by atoms with Crippen LogP contribution in [0.2, 0.25) is 0 Å². The fourth-order valence-electron chi connectivity index (χ4n) is 12.0. The van der Waals surface area contributed by atoms with Crippen LogP contribution in [-0.2, 0) is 42.8 Å². The molecule has 3 rings (SSSR count). The number of carboxylic acids is 1. The van der Waals surface area contributed by atoms with E-state index in [1.165, 1.54) is 154 Å². The molecule has 18 unspecified atom stereocenters. The quantitative estimate of drug-likeness (QED) is 0.0264. The lowest BCUT2D eigenvalue weighted by atomic mass is 9.88. The number of aliphatic hydroxyl groups excluding tert-OH is 11. The van der Waals surface area contributed by atoms with Crippen molar-refractivity contribution in [3.8, 4) is 0 Å². The molecule has 23 nitrogen and oxygen atoms in total. The third-order valence-electron chi connectivity index (χ3n) is 17.5. The third kappa shape index (κ3) is 29.2. The molecular formula is C65H120N2O21. The van der Waals surface area contributed by atoms with E-state index in [0.29, 0.717) is 12.8 Å². The Kier molecular flexibility index (Phi) is 42.1. The summed E-state index contributed by atoms with van der Waals surface area (Å²) < 4.78 is 34.7. The number of nitrogens with one attached hydrogen (secondary N) is 2. The van der Waals surface area contributed by atoms with Gasteiger partial charge in [0.05, 0.1) is 50.7 Å². The number of unbranched alkanes of at least 4 members (excludes halogenated alkanes) is 31. The molecule has 88 heavy (non-hydrogen) atoms. The smallest absolute Gasteiger partial charge is 0.364 e. The lowest BCUT2D eigenvalue weighted by molar-refractivity contribution is -0.386. The van der Waals surface area contributed by atoms with Crippen LogP contribution in [0.15, 0.2) is 12.2 Å². The topological polar surface area (TPSA) is 373 Å². The second kappa shape index (κ2) is 46.5. The maximum absolute atomic E-state index is 13.4. The zero-order chi connectivity index (χ0) is 64.7. The van der Waals surface area contributed by atoms with Gasteiger partial charge in [0.2, 0.25) is 11.8 Å². The Morgan fingerprint density at radius 2 is 1.06 bits per heavy atom. The standard InChI is InChI=1S/C65H120N2O21/c1-4-6-8-10-12-14-16-18-19-20-21-22-23-24-25-26-27-28-30-32-34-36-38-47(72)46(67-52(75)39-37-35-33-31-29-17-15-13-11-9-7-5-2)44-83-62-57(79)56(78)59(51(43-70)85-62)86-63-58(80)61(55(77)50(42-69)84-63)88-65(64(81)82)40-48(73)53(66-45(3)71)60(87-65)54(76)49(74)41-68/h36,38,46-51,53-63,68-70,72-74,76-80H,4-35,37,39-44H2,1-3H3,(H,66,71)(H,67,75)(H,81,82)/b38-36+. The largest absolute Gasteiger partial charge is 0.477 e. The summed E-state index contributed by atoms with van der Waals surface area (Å²) in [5, 5.41) is 136. The van der Waals surface area contributed by atoms with Crippen LogP contribution in [0.1, 0.15) is 245 Å². The number of carbonyl (C=O) groups is 3. The van der Waals surface area contributed by atoms with E-state index in [-0.39, 0.29) is 12.3 Å². The molecule has 23 heteroatoms. The highest BCUT2D eigenvalue weighted by Crippen LogP contribution is 2.39. The van der Waals surface area contributed by atoms with Gasteiger partial charge in [-0.3, -0.25) is 9.59 Å². The Hall–Kier alpha value is -2.53. The number of amides is 2. The van der Waals surface area contributed by atoms with Crippen molar-refractivity contribution in [1.29, 1.82) is 0 Å². The van der Waals surface area contributed by atoms with Crippen LogP contribution in [0.5, 0.6) is 0 Å². The SMILES string of the molecule is CCCCCCCCCCCCCCCCCCCCCC/C=C/C(O)C(COC1OC(CO)C(OC2OC(CO)C(O)C(OC3(C(=O)O)CC(O)C(NC(C)=O)C(C(O)C(O)CO)O3)C2O)C(O)C1O)NC(=O)CCCCCCCCCCCCCC. The summed E-state index contributed by atoms with van der Waals surface area (Å²) in [4.78, 5) is 38.4. The minimum absolute atomic E-state index is 0.204. The van der Waals surface area contributed by atoms with Gasteiger partial charge >= 0.3 is 5.97 Å². The summed E-state index contributed by atoms with van der Waals surface area (Å²) in [6.45, 7) is 2.13. The van der Waals surface area contributed by atoms with Gasteiger partial charge in [0.25, 0.3) is 5.79 Å². The number of aliphatic hydroxyl groups is 11. The van der Waals surface area contributed by atoms with Gasteiger partial charge in [-0.1, -0.05) is 219 Å². The molecule has 516 valence electrons. The van der Waals surface area contributed by atoms with Crippen LogP contribution in [0, 0.1) is 0 Å². The van der Waals surface area contributed by atoms with E-state index in [1.807, 2.05) is 6.08 Å². The van der Waals surface area contributed by atoms with Crippen molar-refractivity contribution in [3.05, 3.63) is 12.2 Å². The molecule has 0 spiro atoms. The molecule has 0 aliphatic carbocycles. The van der Waals surface area contributed by atoms with Crippen molar-refractivity contribution in [2.45, 2.75) is 355 Å². The number of hydrogen-bond acceptors (Lipinski definition) is 20. The van der Waals surface area contributed by atoms with Crippen molar-refractivity contribution >= 4 is 17.8 Å². The summed E-state index contributed by atoms with van der Waals surface area (Å²) >= 11 is 0. The van der Waals surface area contributed by atoms with Gasteiger partial charge in [0.15, 0.2) is 12.6 Å². The predicted molar refractivity (Wildman–Crippen MR) is 329 cm³/mol. The molecule has 14 N–H and O–H groups in total. The Morgan fingerprint density at radius 1 is 0.591 bits per heavy atom. The number of carbonyl (C=O) groups excluding carboxylic acids is 2. The Balaban J connectivity index is 1.60. The fraction of sp³-hybridized carbons (Fsp3) is 0.923. The van der Waals surface area contributed by atoms with Gasteiger partial charge in [-0.15, -0.1) is 0 Å². The molecule has 0 saturated carbocycles. The molecule has 0 radical (unpaired) electrons. The molecule has 3 fully saturated rings. The number of carboxylic acid groups (broad SMARTS) is 1. The van der Waals surface area contributed by atoms with Gasteiger partial charge in [-0.05, 0) is 19.3 Å². The second-order valence-corrected chi connectivity index (χ2v) is 25.0. The van der Waals surface area contributed by atoms with Gasteiger partial charge in [0, 0.05) is 19.8 Å². The summed E-state index contributed by atoms with van der Waals surface area (Å²) in [5.74, 6) is -6.14. The zero-order valence-electron chi connectivity index (χ0n) is 53.6. The van der Waals surface area contributed by atoms with Crippen molar-refractivity contribution < 1.29 is 104 Å². The molecule has 3 aliphatic rings. The van der Waals surface area contributed by atoms with Crippen molar-refractivity contribution in [3.63, 3.8) is 0 Å².